The number of carbonyl (C=O) groups excluding carboxylic acids is 2. The Morgan fingerprint density at radius 1 is 1.21 bits per heavy atom. The van der Waals surface area contributed by atoms with Crippen LogP contribution in [-0.2, 0) is 16.0 Å². The minimum Gasteiger partial charge on any atom is -0.478 e. The number of fused-ring (bicyclic) bond motifs is 2. The van der Waals surface area contributed by atoms with Crippen LogP contribution in [0.25, 0.3) is 11.0 Å². The number of hydrogen-bond donors (Lipinski definition) is 3. The first-order valence-electron chi connectivity index (χ1n) is 8.13. The molecule has 8 nitrogen and oxygen atoms in total. The van der Waals surface area contributed by atoms with Gasteiger partial charge in [-0.05, 0) is 51.8 Å². The monoisotopic (exact) mass is 441 g/mol. The summed E-state index contributed by atoms with van der Waals surface area (Å²) in [7, 11) is 0. The van der Waals surface area contributed by atoms with E-state index in [9.17, 15) is 14.4 Å². The number of nitrogens with zero attached hydrogens (tertiary/aromatic N) is 1. The van der Waals surface area contributed by atoms with E-state index in [0.29, 0.717) is 15.7 Å². The van der Waals surface area contributed by atoms with Crippen molar-refractivity contribution in [3.05, 3.63) is 63.8 Å². The number of amides is 2. The van der Waals surface area contributed by atoms with Crippen molar-refractivity contribution in [1.29, 1.82) is 0 Å². The normalized spacial score (nSPS) is 14.2. The topological polar surface area (TPSA) is 121 Å². The Hall–Kier alpha value is -3.46. The summed E-state index contributed by atoms with van der Waals surface area (Å²) in [5.41, 5.74) is 4.61. The summed E-state index contributed by atoms with van der Waals surface area (Å²) in [6.07, 6.45) is 1.65. The number of carboxylic acid groups (broad SMARTS) is 1. The zero-order valence-electron chi connectivity index (χ0n) is 14.2. The lowest BCUT2D eigenvalue weighted by Crippen LogP contribution is -2.24. The van der Waals surface area contributed by atoms with E-state index in [2.05, 4.69) is 31.8 Å². The summed E-state index contributed by atoms with van der Waals surface area (Å²) in [6, 6.07) is 9.92. The first-order chi connectivity index (χ1) is 13.4. The summed E-state index contributed by atoms with van der Waals surface area (Å²) >= 11 is 3.26. The molecule has 1 aromatic heterocycles. The van der Waals surface area contributed by atoms with Crippen LogP contribution in [0.3, 0.4) is 0 Å². The van der Waals surface area contributed by atoms with Crippen LogP contribution in [0, 0.1) is 0 Å². The molecule has 0 bridgehead atoms. The second-order valence-corrected chi connectivity index (χ2v) is 6.96. The second kappa shape index (κ2) is 6.93. The van der Waals surface area contributed by atoms with Crippen LogP contribution in [0.2, 0.25) is 0 Å². The van der Waals surface area contributed by atoms with Crippen LogP contribution in [0.5, 0.6) is 0 Å². The lowest BCUT2D eigenvalue weighted by Gasteiger charge is -2.04. The van der Waals surface area contributed by atoms with Crippen molar-refractivity contribution in [2.75, 3.05) is 5.32 Å². The number of aromatic carboxylic acids is 1. The van der Waals surface area contributed by atoms with E-state index in [0.717, 1.165) is 16.5 Å². The summed E-state index contributed by atoms with van der Waals surface area (Å²) in [5.74, 6) is -2.04. The maximum Gasteiger partial charge on any atom is 0.335 e. The molecule has 0 saturated carbocycles. The summed E-state index contributed by atoms with van der Waals surface area (Å²) in [5, 5.41) is 16.5. The predicted molar refractivity (Wildman–Crippen MR) is 104 cm³/mol. The van der Waals surface area contributed by atoms with E-state index in [1.54, 1.807) is 24.5 Å². The fourth-order valence-electron chi connectivity index (χ4n) is 2.94. The number of anilines is 1. The second-order valence-electron chi connectivity index (χ2n) is 6.10. The van der Waals surface area contributed by atoms with E-state index < -0.39 is 17.8 Å². The van der Waals surface area contributed by atoms with Gasteiger partial charge in [-0.25, -0.2) is 10.2 Å². The predicted octanol–water partition coefficient (Wildman–Crippen LogP) is 2.91. The van der Waals surface area contributed by atoms with Crippen molar-refractivity contribution < 1.29 is 23.9 Å². The lowest BCUT2D eigenvalue weighted by atomic mass is 10.1. The van der Waals surface area contributed by atoms with Gasteiger partial charge in [0.15, 0.2) is 5.71 Å². The van der Waals surface area contributed by atoms with Crippen LogP contribution in [-0.4, -0.2) is 28.6 Å². The molecule has 2 heterocycles. The molecule has 1 aliphatic heterocycles. The number of furan rings is 1. The summed E-state index contributed by atoms with van der Waals surface area (Å²) in [4.78, 5) is 35.6. The van der Waals surface area contributed by atoms with Crippen molar-refractivity contribution >= 4 is 56.1 Å². The van der Waals surface area contributed by atoms with E-state index >= 15 is 0 Å². The third-order valence-corrected chi connectivity index (χ3v) is 4.84. The molecule has 28 heavy (non-hydrogen) atoms. The number of hydrogen-bond acceptors (Lipinski definition) is 5. The Morgan fingerprint density at radius 2 is 2.04 bits per heavy atom. The van der Waals surface area contributed by atoms with Crippen molar-refractivity contribution in [3.63, 3.8) is 0 Å². The van der Waals surface area contributed by atoms with Crippen LogP contribution >= 0.6 is 15.9 Å². The van der Waals surface area contributed by atoms with Crippen LogP contribution in [0.4, 0.5) is 5.69 Å². The molecule has 0 saturated heterocycles. The highest BCUT2D eigenvalue weighted by molar-refractivity contribution is 9.10. The van der Waals surface area contributed by atoms with Gasteiger partial charge in [0, 0.05) is 15.4 Å². The molecule has 140 valence electrons. The average Bonchev–Trinajstić information content (AvgIpc) is 3.23. The number of halogens is 1. The van der Waals surface area contributed by atoms with Gasteiger partial charge in [-0.3, -0.25) is 9.59 Å². The van der Waals surface area contributed by atoms with Crippen LogP contribution in [0.1, 0.15) is 21.5 Å². The molecule has 0 fully saturated rings. The fraction of sp³-hybridized carbons (Fsp3) is 0.0526. The molecular weight excluding hydrogens is 430 g/mol. The number of hydrazone groups is 1. The number of carbonyl (C=O) groups is 3. The van der Waals surface area contributed by atoms with Crippen LogP contribution in [0.15, 0.2) is 56.7 Å². The Morgan fingerprint density at radius 3 is 2.82 bits per heavy atom. The lowest BCUT2D eigenvalue weighted by molar-refractivity contribution is -0.120. The van der Waals surface area contributed by atoms with Gasteiger partial charge in [0.2, 0.25) is 5.91 Å². The van der Waals surface area contributed by atoms with E-state index in [-0.39, 0.29) is 17.7 Å². The molecule has 2 aromatic carbocycles. The molecule has 2 amide bonds. The van der Waals surface area contributed by atoms with Gasteiger partial charge >= 0.3 is 5.97 Å². The molecule has 0 atom stereocenters. The molecule has 9 heteroatoms. The van der Waals surface area contributed by atoms with Gasteiger partial charge in [-0.2, -0.15) is 5.10 Å². The molecule has 4 rings (SSSR count). The maximum absolute atomic E-state index is 12.2. The number of rotatable bonds is 4. The van der Waals surface area contributed by atoms with Gasteiger partial charge in [0.25, 0.3) is 5.91 Å². The van der Waals surface area contributed by atoms with Crippen molar-refractivity contribution in [1.82, 2.24) is 5.43 Å². The SMILES string of the molecule is O=C(Cc1ccc2occc2c1)NN=C1C(=O)Nc2cc(C(=O)O)cc(Br)c21. The highest BCUT2D eigenvalue weighted by Gasteiger charge is 2.30. The van der Waals surface area contributed by atoms with E-state index in [1.165, 1.54) is 12.1 Å². The van der Waals surface area contributed by atoms with Crippen molar-refractivity contribution in [2.45, 2.75) is 6.42 Å². The minimum atomic E-state index is -1.12. The van der Waals surface area contributed by atoms with Gasteiger partial charge < -0.3 is 14.8 Å². The zero-order valence-corrected chi connectivity index (χ0v) is 15.7. The van der Waals surface area contributed by atoms with Crippen LogP contribution < -0.4 is 10.7 Å². The molecule has 0 radical (unpaired) electrons. The molecule has 1 aliphatic rings. The first kappa shape index (κ1) is 17.9. The largest absolute Gasteiger partial charge is 0.478 e. The Labute approximate surface area is 166 Å². The Bertz CT molecular complexity index is 1180. The molecule has 0 spiro atoms. The molecule has 0 unspecified atom stereocenters. The summed E-state index contributed by atoms with van der Waals surface area (Å²) in [6.45, 7) is 0. The van der Waals surface area contributed by atoms with E-state index in [4.69, 9.17) is 9.52 Å². The minimum absolute atomic E-state index is 0.00236. The third-order valence-electron chi connectivity index (χ3n) is 4.21. The number of nitrogens with one attached hydrogen (secondary N) is 2. The highest BCUT2D eigenvalue weighted by atomic mass is 79.9. The van der Waals surface area contributed by atoms with Crippen molar-refractivity contribution in [3.8, 4) is 0 Å². The van der Waals surface area contributed by atoms with Gasteiger partial charge in [-0.1, -0.05) is 6.07 Å². The molecule has 0 aliphatic carbocycles. The first-order valence-corrected chi connectivity index (χ1v) is 8.93. The van der Waals surface area contributed by atoms with E-state index in [1.807, 2.05) is 6.07 Å². The smallest absolute Gasteiger partial charge is 0.335 e. The highest BCUT2D eigenvalue weighted by Crippen LogP contribution is 2.32. The van der Waals surface area contributed by atoms with Gasteiger partial charge in [0.05, 0.1) is 23.9 Å². The standard InChI is InChI=1S/C19H12BrN3O5/c20-12-7-11(19(26)27)8-13-16(12)17(18(25)21-13)23-22-15(24)6-9-1-2-14-10(5-9)3-4-28-14/h1-5,7-8H,6H2,(H,22,24)(H,26,27)(H,21,23,25). The summed E-state index contributed by atoms with van der Waals surface area (Å²) < 4.78 is 5.65. The quantitative estimate of drug-likeness (QED) is 0.537. The average molecular weight is 442 g/mol. The third kappa shape index (κ3) is 3.27. The Kier molecular flexibility index (Phi) is 4.44. The van der Waals surface area contributed by atoms with Gasteiger partial charge in [0.1, 0.15) is 5.58 Å². The number of carboxylic acids is 1. The van der Waals surface area contributed by atoms with Gasteiger partial charge in [-0.15, -0.1) is 0 Å². The zero-order chi connectivity index (χ0) is 19.8. The Balaban J connectivity index is 1.54. The van der Waals surface area contributed by atoms with Crippen molar-refractivity contribution in [2.24, 2.45) is 5.10 Å². The fourth-order valence-corrected chi connectivity index (χ4v) is 3.59. The molecule has 3 N–H and O–H groups in total. The maximum atomic E-state index is 12.2. The number of benzene rings is 2. The molecular formula is C19H12BrN3O5. The molecule has 3 aromatic rings.